The van der Waals surface area contributed by atoms with Gasteiger partial charge in [0.25, 0.3) is 0 Å². The first kappa shape index (κ1) is 17.5. The largest absolute Gasteiger partial charge is 0.456 e. The fraction of sp³-hybridized carbons (Fsp3) is 0.0455. The third kappa shape index (κ3) is 4.07. The summed E-state index contributed by atoms with van der Waals surface area (Å²) >= 11 is 0. The molecule has 4 aromatic rings. The average Bonchev–Trinajstić information content (AvgIpc) is 3.24. The van der Waals surface area contributed by atoms with Crippen LogP contribution in [0.15, 0.2) is 89.7 Å². The number of nitrogens with zero attached hydrogens (tertiary/aromatic N) is 2. The topological polar surface area (TPSA) is 74.5 Å². The second-order valence-electron chi connectivity index (χ2n) is 5.87. The van der Waals surface area contributed by atoms with Crippen molar-refractivity contribution in [1.29, 1.82) is 0 Å². The molecule has 4 rings (SSSR count). The number of aromatic nitrogens is 2. The highest BCUT2D eigenvalue weighted by Gasteiger charge is 2.18. The van der Waals surface area contributed by atoms with E-state index in [9.17, 15) is 4.79 Å². The molecule has 0 radical (unpaired) electrons. The second kappa shape index (κ2) is 8.18. The summed E-state index contributed by atoms with van der Waals surface area (Å²) in [7, 11) is 0. The molecule has 2 heterocycles. The van der Waals surface area contributed by atoms with Gasteiger partial charge in [-0.15, -0.1) is 0 Å². The lowest BCUT2D eigenvalue weighted by Gasteiger charge is -2.07. The van der Waals surface area contributed by atoms with Crippen molar-refractivity contribution < 1.29 is 18.7 Å². The molecule has 0 N–H and O–H groups in total. The second-order valence-corrected chi connectivity index (χ2v) is 5.87. The van der Waals surface area contributed by atoms with Crippen molar-refractivity contribution in [3.05, 3.63) is 96.5 Å². The minimum atomic E-state index is -0.562. The quantitative estimate of drug-likeness (QED) is 0.449. The third-order valence-electron chi connectivity index (χ3n) is 3.89. The van der Waals surface area contributed by atoms with Gasteiger partial charge in [-0.05, 0) is 29.8 Å². The number of ether oxygens (including phenoxy) is 2. The number of para-hydroxylation sites is 1. The smallest absolute Gasteiger partial charge is 0.360 e. The SMILES string of the molecule is O=C(OCc1ccccc1)c1coc(-c2cccnc2Oc2ccccc2)n1. The van der Waals surface area contributed by atoms with E-state index in [0.29, 0.717) is 17.2 Å². The molecule has 6 nitrogen and oxygen atoms in total. The molecule has 0 aliphatic heterocycles. The van der Waals surface area contributed by atoms with Gasteiger partial charge in [0, 0.05) is 6.20 Å². The number of benzene rings is 2. The lowest BCUT2D eigenvalue weighted by atomic mass is 10.2. The first-order valence-electron chi connectivity index (χ1n) is 8.64. The monoisotopic (exact) mass is 372 g/mol. The molecule has 0 spiro atoms. The van der Waals surface area contributed by atoms with Crippen LogP contribution in [0.25, 0.3) is 11.5 Å². The molecule has 6 heteroatoms. The van der Waals surface area contributed by atoms with E-state index in [1.807, 2.05) is 60.7 Å². The number of carbonyl (C=O) groups excluding carboxylic acids is 1. The number of carbonyl (C=O) groups is 1. The van der Waals surface area contributed by atoms with Crippen molar-refractivity contribution in [2.24, 2.45) is 0 Å². The lowest BCUT2D eigenvalue weighted by Crippen LogP contribution is -2.05. The molecule has 0 aliphatic carbocycles. The van der Waals surface area contributed by atoms with E-state index < -0.39 is 5.97 Å². The van der Waals surface area contributed by atoms with E-state index in [1.165, 1.54) is 6.26 Å². The van der Waals surface area contributed by atoms with Crippen molar-refractivity contribution in [2.45, 2.75) is 6.61 Å². The number of hydrogen-bond donors (Lipinski definition) is 0. The van der Waals surface area contributed by atoms with E-state index in [2.05, 4.69) is 9.97 Å². The van der Waals surface area contributed by atoms with Crippen LogP contribution in [0.1, 0.15) is 16.1 Å². The van der Waals surface area contributed by atoms with Crippen molar-refractivity contribution in [3.8, 4) is 23.1 Å². The van der Waals surface area contributed by atoms with Crippen LogP contribution in [-0.2, 0) is 11.3 Å². The number of rotatable bonds is 6. The maximum Gasteiger partial charge on any atom is 0.360 e. The highest BCUT2D eigenvalue weighted by Crippen LogP contribution is 2.30. The molecular weight excluding hydrogens is 356 g/mol. The summed E-state index contributed by atoms with van der Waals surface area (Å²) in [4.78, 5) is 20.7. The molecule has 2 aromatic carbocycles. The fourth-order valence-electron chi connectivity index (χ4n) is 2.52. The third-order valence-corrected chi connectivity index (χ3v) is 3.89. The minimum Gasteiger partial charge on any atom is -0.456 e. The van der Waals surface area contributed by atoms with Crippen molar-refractivity contribution in [3.63, 3.8) is 0 Å². The molecule has 28 heavy (non-hydrogen) atoms. The van der Waals surface area contributed by atoms with E-state index in [-0.39, 0.29) is 18.2 Å². The molecule has 0 amide bonds. The van der Waals surface area contributed by atoms with E-state index >= 15 is 0 Å². The first-order valence-corrected chi connectivity index (χ1v) is 8.64. The van der Waals surface area contributed by atoms with Gasteiger partial charge in [-0.25, -0.2) is 14.8 Å². The summed E-state index contributed by atoms with van der Waals surface area (Å²) in [5, 5.41) is 0. The summed E-state index contributed by atoms with van der Waals surface area (Å²) in [5.74, 6) is 0.634. The van der Waals surface area contributed by atoms with E-state index in [0.717, 1.165) is 5.56 Å². The predicted molar refractivity (Wildman–Crippen MR) is 102 cm³/mol. The summed E-state index contributed by atoms with van der Waals surface area (Å²) in [6, 6.07) is 22.2. The number of hydrogen-bond acceptors (Lipinski definition) is 6. The zero-order valence-corrected chi connectivity index (χ0v) is 14.8. The van der Waals surface area contributed by atoms with Gasteiger partial charge in [-0.1, -0.05) is 48.5 Å². The standard InChI is InChI=1S/C22H16N2O4/c25-22(27-14-16-8-3-1-4-9-16)19-15-26-21(24-19)18-12-7-13-23-20(18)28-17-10-5-2-6-11-17/h1-13,15H,14H2. The Labute approximate surface area is 161 Å². The molecule has 0 bridgehead atoms. The molecule has 0 saturated heterocycles. The van der Waals surface area contributed by atoms with E-state index in [1.54, 1.807) is 18.3 Å². The lowest BCUT2D eigenvalue weighted by molar-refractivity contribution is 0.0465. The Morgan fingerprint density at radius 1 is 0.929 bits per heavy atom. The summed E-state index contributed by atoms with van der Waals surface area (Å²) in [5.41, 5.74) is 1.51. The Balaban J connectivity index is 1.50. The van der Waals surface area contributed by atoms with Crippen molar-refractivity contribution in [2.75, 3.05) is 0 Å². The van der Waals surface area contributed by atoms with Gasteiger partial charge in [0.2, 0.25) is 11.8 Å². The van der Waals surface area contributed by atoms with E-state index in [4.69, 9.17) is 13.9 Å². The van der Waals surface area contributed by atoms with Crippen LogP contribution >= 0.6 is 0 Å². The summed E-state index contributed by atoms with van der Waals surface area (Å²) in [6.45, 7) is 0.164. The summed E-state index contributed by atoms with van der Waals surface area (Å²) in [6.07, 6.45) is 2.88. The molecule has 0 unspecified atom stereocenters. The van der Waals surface area contributed by atoms with Gasteiger partial charge in [0.1, 0.15) is 18.6 Å². The minimum absolute atomic E-state index is 0.0837. The average molecular weight is 372 g/mol. The highest BCUT2D eigenvalue weighted by atomic mass is 16.5. The Kier molecular flexibility index (Phi) is 5.11. The van der Waals surface area contributed by atoms with Crippen LogP contribution in [0, 0.1) is 0 Å². The predicted octanol–water partition coefficient (Wildman–Crippen LogP) is 4.89. The molecular formula is C22H16N2O4. The molecule has 138 valence electrons. The molecule has 0 atom stereocenters. The Morgan fingerprint density at radius 3 is 2.46 bits per heavy atom. The zero-order valence-electron chi connectivity index (χ0n) is 14.8. The van der Waals surface area contributed by atoms with Gasteiger partial charge in [0.05, 0.1) is 5.56 Å². The molecule has 0 aliphatic rings. The van der Waals surface area contributed by atoms with Gasteiger partial charge >= 0.3 is 5.97 Å². The zero-order chi connectivity index (χ0) is 19.2. The van der Waals surface area contributed by atoms with Crippen LogP contribution in [0.2, 0.25) is 0 Å². The number of oxazole rings is 1. The van der Waals surface area contributed by atoms with Crippen LogP contribution in [0.3, 0.4) is 0 Å². The summed E-state index contributed by atoms with van der Waals surface area (Å²) < 4.78 is 16.6. The van der Waals surface area contributed by atoms with Gasteiger partial charge in [0.15, 0.2) is 5.69 Å². The fourth-order valence-corrected chi connectivity index (χ4v) is 2.52. The maximum absolute atomic E-state index is 12.2. The Morgan fingerprint density at radius 2 is 1.68 bits per heavy atom. The van der Waals surface area contributed by atoms with Crippen molar-refractivity contribution >= 4 is 5.97 Å². The van der Waals surface area contributed by atoms with Gasteiger partial charge < -0.3 is 13.9 Å². The maximum atomic E-state index is 12.2. The molecule has 0 saturated carbocycles. The Hall–Kier alpha value is -3.93. The van der Waals surface area contributed by atoms with Crippen LogP contribution in [0.4, 0.5) is 0 Å². The highest BCUT2D eigenvalue weighted by molar-refractivity contribution is 5.87. The van der Waals surface area contributed by atoms with Crippen molar-refractivity contribution in [1.82, 2.24) is 9.97 Å². The van der Waals surface area contributed by atoms with Crippen LogP contribution < -0.4 is 4.74 Å². The van der Waals surface area contributed by atoms with Gasteiger partial charge in [-0.2, -0.15) is 0 Å². The molecule has 0 fully saturated rings. The van der Waals surface area contributed by atoms with Crippen LogP contribution in [0.5, 0.6) is 11.6 Å². The normalized spacial score (nSPS) is 10.4. The molecule has 2 aromatic heterocycles. The number of esters is 1. The van der Waals surface area contributed by atoms with Crippen LogP contribution in [-0.4, -0.2) is 15.9 Å². The first-order chi connectivity index (χ1) is 13.8. The number of pyridine rings is 1. The Bertz CT molecular complexity index is 1060. The van der Waals surface area contributed by atoms with Gasteiger partial charge in [-0.3, -0.25) is 0 Å².